The average molecular weight is 341 g/mol. The maximum absolute atomic E-state index is 13.1. The molecule has 1 aromatic heterocycles. The molecule has 1 aromatic rings. The summed E-state index contributed by atoms with van der Waals surface area (Å²) < 4.78 is 39.3. The monoisotopic (exact) mass is 341 g/mol. The van der Waals surface area contributed by atoms with Crippen LogP contribution >= 0.6 is 0 Å². The fourth-order valence-corrected chi connectivity index (χ4v) is 3.73. The Bertz CT molecular complexity index is 585. The number of nitrogens with zero attached hydrogens (tertiary/aromatic N) is 3. The fraction of sp³-hybridized carbons (Fsp3) is 0.647. The molecule has 0 atom stereocenters. The van der Waals surface area contributed by atoms with Gasteiger partial charge >= 0.3 is 6.18 Å². The molecule has 132 valence electrons. The highest BCUT2D eigenvalue weighted by Gasteiger charge is 2.37. The summed E-state index contributed by atoms with van der Waals surface area (Å²) in [5, 5.41) is 0. The maximum Gasteiger partial charge on any atom is 0.418 e. The third-order valence-corrected chi connectivity index (χ3v) is 4.97. The summed E-state index contributed by atoms with van der Waals surface area (Å²) in [7, 11) is 0. The van der Waals surface area contributed by atoms with Gasteiger partial charge in [-0.15, -0.1) is 0 Å². The van der Waals surface area contributed by atoms with Crippen molar-refractivity contribution in [2.45, 2.75) is 44.3 Å². The van der Waals surface area contributed by atoms with Crippen LogP contribution in [0.1, 0.15) is 48.2 Å². The smallest absolute Gasteiger partial charge is 0.336 e. The minimum atomic E-state index is -4.57. The highest BCUT2D eigenvalue weighted by Crippen LogP contribution is 2.31. The number of pyridine rings is 1. The highest BCUT2D eigenvalue weighted by atomic mass is 19.4. The second-order valence-corrected chi connectivity index (χ2v) is 6.52. The lowest BCUT2D eigenvalue weighted by Gasteiger charge is -2.27. The van der Waals surface area contributed by atoms with Crippen molar-refractivity contribution in [2.75, 3.05) is 26.2 Å². The van der Waals surface area contributed by atoms with E-state index in [-0.39, 0.29) is 0 Å². The van der Waals surface area contributed by atoms with E-state index in [1.54, 1.807) is 0 Å². The summed E-state index contributed by atoms with van der Waals surface area (Å²) in [6.45, 7) is 2.58. The van der Waals surface area contributed by atoms with Gasteiger partial charge in [-0.2, -0.15) is 13.2 Å². The number of amides is 1. The van der Waals surface area contributed by atoms with E-state index in [2.05, 4.69) is 9.88 Å². The molecule has 0 spiro atoms. The van der Waals surface area contributed by atoms with Crippen molar-refractivity contribution >= 4 is 5.91 Å². The molecule has 24 heavy (non-hydrogen) atoms. The lowest BCUT2D eigenvalue weighted by molar-refractivity contribution is -0.138. The van der Waals surface area contributed by atoms with E-state index in [0.717, 1.165) is 25.6 Å². The van der Waals surface area contributed by atoms with Crippen molar-refractivity contribution in [2.24, 2.45) is 0 Å². The minimum Gasteiger partial charge on any atom is -0.336 e. The van der Waals surface area contributed by atoms with Crippen molar-refractivity contribution < 1.29 is 18.0 Å². The Kier molecular flexibility index (Phi) is 5.08. The topological polar surface area (TPSA) is 36.4 Å². The molecule has 7 heteroatoms. The fourth-order valence-electron chi connectivity index (χ4n) is 3.73. The van der Waals surface area contributed by atoms with Crippen molar-refractivity contribution in [1.29, 1.82) is 0 Å². The van der Waals surface area contributed by atoms with Crippen LogP contribution in [0.4, 0.5) is 13.2 Å². The molecule has 0 radical (unpaired) electrons. The van der Waals surface area contributed by atoms with Gasteiger partial charge in [0.15, 0.2) is 0 Å². The van der Waals surface area contributed by atoms with Crippen LogP contribution in [0.15, 0.2) is 18.3 Å². The maximum atomic E-state index is 13.1. The SMILES string of the molecule is O=C(c1ncccc1C(F)(F)F)N1CCCN(C2CCCC2)CC1. The number of carbonyl (C=O) groups is 1. The third kappa shape index (κ3) is 3.71. The van der Waals surface area contributed by atoms with Gasteiger partial charge in [0, 0.05) is 38.4 Å². The van der Waals surface area contributed by atoms with Gasteiger partial charge in [0.2, 0.25) is 0 Å². The first kappa shape index (κ1) is 17.2. The van der Waals surface area contributed by atoms with Crippen molar-refractivity contribution in [3.63, 3.8) is 0 Å². The first-order valence-corrected chi connectivity index (χ1v) is 8.52. The highest BCUT2D eigenvalue weighted by molar-refractivity contribution is 5.94. The molecule has 4 nitrogen and oxygen atoms in total. The second kappa shape index (κ2) is 7.09. The van der Waals surface area contributed by atoms with E-state index in [4.69, 9.17) is 0 Å². The summed E-state index contributed by atoms with van der Waals surface area (Å²) in [6, 6.07) is 2.70. The molecular formula is C17H22F3N3O. The lowest BCUT2D eigenvalue weighted by atomic mass is 10.1. The molecular weight excluding hydrogens is 319 g/mol. The number of carbonyl (C=O) groups excluding carboxylic acids is 1. The van der Waals surface area contributed by atoms with Crippen LogP contribution in [0.3, 0.4) is 0 Å². The van der Waals surface area contributed by atoms with Gasteiger partial charge in [0.05, 0.1) is 5.56 Å². The summed E-state index contributed by atoms with van der Waals surface area (Å²) in [4.78, 5) is 20.2. The zero-order valence-corrected chi connectivity index (χ0v) is 13.6. The van der Waals surface area contributed by atoms with E-state index < -0.39 is 23.3 Å². The molecule has 0 N–H and O–H groups in total. The van der Waals surface area contributed by atoms with Gasteiger partial charge in [-0.3, -0.25) is 14.7 Å². The van der Waals surface area contributed by atoms with Gasteiger partial charge in [-0.05, 0) is 31.4 Å². The predicted molar refractivity (Wildman–Crippen MR) is 83.6 cm³/mol. The van der Waals surface area contributed by atoms with Gasteiger partial charge in [-0.1, -0.05) is 12.8 Å². The average Bonchev–Trinajstić information content (AvgIpc) is 2.98. The molecule has 1 aliphatic carbocycles. The van der Waals surface area contributed by atoms with E-state index in [1.165, 1.54) is 42.8 Å². The summed E-state index contributed by atoms with van der Waals surface area (Å²) in [5.41, 5.74) is -1.44. The zero-order valence-electron chi connectivity index (χ0n) is 13.6. The number of rotatable bonds is 2. The number of hydrogen-bond donors (Lipinski definition) is 0. The minimum absolute atomic E-state index is 0.462. The molecule has 2 fully saturated rings. The number of aromatic nitrogens is 1. The molecule has 0 aromatic carbocycles. The van der Waals surface area contributed by atoms with Gasteiger partial charge in [-0.25, -0.2) is 0 Å². The van der Waals surface area contributed by atoms with Crippen LogP contribution in [0.5, 0.6) is 0 Å². The molecule has 1 saturated carbocycles. The Balaban J connectivity index is 1.72. The Morgan fingerprint density at radius 3 is 2.54 bits per heavy atom. The van der Waals surface area contributed by atoms with Crippen LogP contribution in [0.2, 0.25) is 0 Å². The van der Waals surface area contributed by atoms with Gasteiger partial charge in [0.1, 0.15) is 5.69 Å². The van der Waals surface area contributed by atoms with Crippen LogP contribution < -0.4 is 0 Å². The molecule has 3 rings (SSSR count). The Morgan fingerprint density at radius 2 is 1.83 bits per heavy atom. The molecule has 1 aliphatic heterocycles. The van der Waals surface area contributed by atoms with E-state index in [9.17, 15) is 18.0 Å². The van der Waals surface area contributed by atoms with Crippen LogP contribution in [-0.4, -0.2) is 52.9 Å². The van der Waals surface area contributed by atoms with Crippen LogP contribution in [0, 0.1) is 0 Å². The predicted octanol–water partition coefficient (Wildman–Crippen LogP) is 3.19. The van der Waals surface area contributed by atoms with Crippen molar-refractivity contribution in [3.05, 3.63) is 29.6 Å². The quantitative estimate of drug-likeness (QED) is 0.829. The normalized spacial score (nSPS) is 21.0. The summed E-state index contributed by atoms with van der Waals surface area (Å²) >= 11 is 0. The number of alkyl halides is 3. The van der Waals surface area contributed by atoms with Crippen molar-refractivity contribution in [3.8, 4) is 0 Å². The lowest BCUT2D eigenvalue weighted by Crippen LogP contribution is -2.39. The summed E-state index contributed by atoms with van der Waals surface area (Å²) in [6.07, 6.45) is 2.32. The van der Waals surface area contributed by atoms with Gasteiger partial charge in [0.25, 0.3) is 5.91 Å². The Morgan fingerprint density at radius 1 is 1.08 bits per heavy atom. The standard InChI is InChI=1S/C17H22F3N3O/c18-17(19,20)14-7-3-8-21-15(14)16(24)23-10-4-9-22(11-12-23)13-5-1-2-6-13/h3,7-8,13H,1-2,4-6,9-12H2. The Labute approximate surface area is 139 Å². The van der Waals surface area contributed by atoms with E-state index >= 15 is 0 Å². The molecule has 0 unspecified atom stereocenters. The summed E-state index contributed by atoms with van der Waals surface area (Å²) in [5.74, 6) is -0.615. The zero-order chi connectivity index (χ0) is 17.2. The molecule has 2 aliphatic rings. The first-order valence-electron chi connectivity index (χ1n) is 8.52. The van der Waals surface area contributed by atoms with Crippen LogP contribution in [0.25, 0.3) is 0 Å². The molecule has 1 amide bonds. The van der Waals surface area contributed by atoms with Crippen LogP contribution in [-0.2, 0) is 6.18 Å². The third-order valence-electron chi connectivity index (χ3n) is 4.97. The number of hydrogen-bond acceptors (Lipinski definition) is 3. The molecule has 2 heterocycles. The van der Waals surface area contributed by atoms with E-state index in [1.807, 2.05) is 0 Å². The first-order chi connectivity index (χ1) is 11.5. The second-order valence-electron chi connectivity index (χ2n) is 6.52. The van der Waals surface area contributed by atoms with Gasteiger partial charge < -0.3 is 4.90 Å². The van der Waals surface area contributed by atoms with E-state index in [0.29, 0.717) is 19.1 Å². The largest absolute Gasteiger partial charge is 0.418 e. The Hall–Kier alpha value is -1.63. The van der Waals surface area contributed by atoms with Crippen molar-refractivity contribution in [1.82, 2.24) is 14.8 Å². The molecule has 0 bridgehead atoms. The molecule has 1 saturated heterocycles. The number of halogens is 3.